The summed E-state index contributed by atoms with van der Waals surface area (Å²) in [5.41, 5.74) is 7.85. The lowest BCUT2D eigenvalue weighted by Gasteiger charge is -2.35. The number of rotatable bonds is 2. The molecule has 1 aromatic rings. The maximum Gasteiger partial charge on any atom is 0.0541 e. The number of nitrogens with zero attached hydrogens (tertiary/aromatic N) is 1. The number of hydrogen-bond donors (Lipinski definition) is 2. The number of hydrogen-bond acceptors (Lipinski definition) is 3. The molecule has 2 rings (SSSR count). The van der Waals surface area contributed by atoms with E-state index >= 15 is 0 Å². The number of piperidine rings is 1. The summed E-state index contributed by atoms with van der Waals surface area (Å²) < 4.78 is 1.21. The summed E-state index contributed by atoms with van der Waals surface area (Å²) in [5, 5.41) is 9.59. The molecule has 1 atom stereocenters. The SMILES string of the molecule is CC(O)C1CCN(c2ccc(N)cc2I)CC1. The first-order chi connectivity index (χ1) is 8.08. The summed E-state index contributed by atoms with van der Waals surface area (Å²) in [6.45, 7) is 3.94. The van der Waals surface area contributed by atoms with Gasteiger partial charge in [-0.2, -0.15) is 0 Å². The largest absolute Gasteiger partial charge is 0.399 e. The van der Waals surface area contributed by atoms with E-state index in [1.54, 1.807) is 0 Å². The number of nitrogens with two attached hydrogens (primary N) is 1. The molecule has 94 valence electrons. The first-order valence-corrected chi connectivity index (χ1v) is 7.14. The van der Waals surface area contributed by atoms with Crippen molar-refractivity contribution >= 4 is 34.0 Å². The van der Waals surface area contributed by atoms with Gasteiger partial charge < -0.3 is 15.7 Å². The molecule has 0 bridgehead atoms. The van der Waals surface area contributed by atoms with Crippen LogP contribution in [0.2, 0.25) is 0 Å². The fourth-order valence-corrected chi connectivity index (χ4v) is 3.28. The molecule has 0 amide bonds. The van der Waals surface area contributed by atoms with Crippen LogP contribution in [-0.4, -0.2) is 24.3 Å². The van der Waals surface area contributed by atoms with E-state index in [0.29, 0.717) is 5.92 Å². The van der Waals surface area contributed by atoms with Crippen molar-refractivity contribution in [2.45, 2.75) is 25.9 Å². The predicted octanol–water partition coefficient (Wildman–Crippen LogP) is 2.47. The first-order valence-electron chi connectivity index (χ1n) is 6.06. The first kappa shape index (κ1) is 13.0. The lowest BCUT2D eigenvalue weighted by atomic mass is 9.92. The van der Waals surface area contributed by atoms with E-state index in [0.717, 1.165) is 31.6 Å². The number of nitrogen functional groups attached to an aromatic ring is 1. The average molecular weight is 346 g/mol. The summed E-state index contributed by atoms with van der Waals surface area (Å²) in [4.78, 5) is 2.39. The molecule has 1 aromatic carbocycles. The Morgan fingerprint density at radius 1 is 1.41 bits per heavy atom. The van der Waals surface area contributed by atoms with Crippen LogP contribution in [0.15, 0.2) is 18.2 Å². The number of halogens is 1. The maximum atomic E-state index is 9.59. The van der Waals surface area contributed by atoms with Crippen molar-refractivity contribution in [1.29, 1.82) is 0 Å². The Kier molecular flexibility index (Phi) is 4.14. The van der Waals surface area contributed by atoms with Gasteiger partial charge in [0.15, 0.2) is 0 Å². The molecule has 0 radical (unpaired) electrons. The maximum absolute atomic E-state index is 9.59. The van der Waals surface area contributed by atoms with Crippen LogP contribution < -0.4 is 10.6 Å². The van der Waals surface area contributed by atoms with E-state index in [4.69, 9.17) is 5.73 Å². The molecule has 3 N–H and O–H groups in total. The van der Waals surface area contributed by atoms with Gasteiger partial charge in [-0.3, -0.25) is 0 Å². The number of anilines is 2. The van der Waals surface area contributed by atoms with Crippen molar-refractivity contribution in [3.63, 3.8) is 0 Å². The summed E-state index contributed by atoms with van der Waals surface area (Å²) >= 11 is 2.34. The van der Waals surface area contributed by atoms with Gasteiger partial charge >= 0.3 is 0 Å². The quantitative estimate of drug-likeness (QED) is 0.639. The highest BCUT2D eigenvalue weighted by atomic mass is 127. The van der Waals surface area contributed by atoms with E-state index in [1.165, 1.54) is 9.26 Å². The second-order valence-electron chi connectivity index (χ2n) is 4.78. The van der Waals surface area contributed by atoms with Crippen molar-refractivity contribution < 1.29 is 5.11 Å². The van der Waals surface area contributed by atoms with E-state index in [2.05, 4.69) is 33.6 Å². The van der Waals surface area contributed by atoms with Crippen LogP contribution in [-0.2, 0) is 0 Å². The molecule has 0 aliphatic carbocycles. The molecule has 1 saturated heterocycles. The minimum Gasteiger partial charge on any atom is -0.399 e. The third-order valence-electron chi connectivity index (χ3n) is 3.53. The smallest absolute Gasteiger partial charge is 0.0541 e. The van der Waals surface area contributed by atoms with Crippen molar-refractivity contribution in [3.8, 4) is 0 Å². The fourth-order valence-electron chi connectivity index (χ4n) is 2.40. The molecule has 1 aliphatic rings. The topological polar surface area (TPSA) is 49.5 Å². The van der Waals surface area contributed by atoms with Crippen LogP contribution in [0.4, 0.5) is 11.4 Å². The van der Waals surface area contributed by atoms with E-state index in [9.17, 15) is 5.11 Å². The van der Waals surface area contributed by atoms with E-state index in [-0.39, 0.29) is 6.10 Å². The van der Waals surface area contributed by atoms with Gasteiger partial charge in [0.25, 0.3) is 0 Å². The summed E-state index contributed by atoms with van der Waals surface area (Å²) in [5.74, 6) is 0.456. The predicted molar refractivity (Wildman–Crippen MR) is 80.2 cm³/mol. The Balaban J connectivity index is 2.05. The molecule has 0 spiro atoms. The van der Waals surface area contributed by atoms with Crippen molar-refractivity contribution in [1.82, 2.24) is 0 Å². The summed E-state index contributed by atoms with van der Waals surface area (Å²) in [6, 6.07) is 6.06. The molecular formula is C13H19IN2O. The molecule has 17 heavy (non-hydrogen) atoms. The van der Waals surface area contributed by atoms with Gasteiger partial charge in [0.1, 0.15) is 0 Å². The lowest BCUT2D eigenvalue weighted by molar-refractivity contribution is 0.110. The highest BCUT2D eigenvalue weighted by Crippen LogP contribution is 2.29. The zero-order valence-corrected chi connectivity index (χ0v) is 12.2. The normalized spacial score (nSPS) is 19.4. The number of aliphatic hydroxyl groups excluding tert-OH is 1. The van der Waals surface area contributed by atoms with Gasteiger partial charge in [0.05, 0.1) is 11.8 Å². The molecule has 1 aliphatic heterocycles. The van der Waals surface area contributed by atoms with E-state index in [1.807, 2.05) is 19.1 Å². The number of benzene rings is 1. The highest BCUT2D eigenvalue weighted by Gasteiger charge is 2.23. The second-order valence-corrected chi connectivity index (χ2v) is 5.94. The van der Waals surface area contributed by atoms with Gasteiger partial charge in [-0.1, -0.05) is 0 Å². The zero-order chi connectivity index (χ0) is 12.4. The van der Waals surface area contributed by atoms with Crippen molar-refractivity contribution in [3.05, 3.63) is 21.8 Å². The average Bonchev–Trinajstić information content (AvgIpc) is 2.29. The van der Waals surface area contributed by atoms with Crippen LogP contribution >= 0.6 is 22.6 Å². The summed E-state index contributed by atoms with van der Waals surface area (Å²) in [6.07, 6.45) is 1.96. The third-order valence-corrected chi connectivity index (χ3v) is 4.40. The minimum atomic E-state index is -0.178. The van der Waals surface area contributed by atoms with Crippen LogP contribution in [0.3, 0.4) is 0 Å². The Labute approximate surface area is 116 Å². The summed E-state index contributed by atoms with van der Waals surface area (Å²) in [7, 11) is 0. The van der Waals surface area contributed by atoms with Crippen LogP contribution in [0.5, 0.6) is 0 Å². The van der Waals surface area contributed by atoms with Gasteiger partial charge in [0, 0.05) is 22.3 Å². The van der Waals surface area contributed by atoms with Gasteiger partial charge in [-0.25, -0.2) is 0 Å². The molecular weight excluding hydrogens is 327 g/mol. The Bertz CT molecular complexity index is 387. The standard InChI is InChI=1S/C13H19IN2O/c1-9(17)10-4-6-16(7-5-10)13-3-2-11(15)8-12(13)14/h2-3,8-10,17H,4-7,15H2,1H3. The lowest BCUT2D eigenvalue weighted by Crippen LogP contribution is -2.37. The van der Waals surface area contributed by atoms with Crippen molar-refractivity contribution in [2.24, 2.45) is 5.92 Å². The third kappa shape index (κ3) is 3.04. The molecule has 0 aromatic heterocycles. The van der Waals surface area contributed by atoms with Crippen LogP contribution in [0.25, 0.3) is 0 Å². The minimum absolute atomic E-state index is 0.178. The number of aliphatic hydroxyl groups is 1. The molecule has 3 nitrogen and oxygen atoms in total. The van der Waals surface area contributed by atoms with Crippen LogP contribution in [0.1, 0.15) is 19.8 Å². The van der Waals surface area contributed by atoms with Gasteiger partial charge in [-0.15, -0.1) is 0 Å². The van der Waals surface area contributed by atoms with Crippen molar-refractivity contribution in [2.75, 3.05) is 23.7 Å². The van der Waals surface area contributed by atoms with Gasteiger partial charge in [0.2, 0.25) is 0 Å². The zero-order valence-electron chi connectivity index (χ0n) is 10.1. The Morgan fingerprint density at radius 2 is 2.06 bits per heavy atom. The Morgan fingerprint density at radius 3 is 2.59 bits per heavy atom. The fraction of sp³-hybridized carbons (Fsp3) is 0.538. The second kappa shape index (κ2) is 5.44. The van der Waals surface area contributed by atoms with Gasteiger partial charge in [-0.05, 0) is 66.5 Å². The van der Waals surface area contributed by atoms with Crippen LogP contribution in [0, 0.1) is 9.49 Å². The molecule has 1 unspecified atom stereocenters. The van der Waals surface area contributed by atoms with E-state index < -0.39 is 0 Å². The molecule has 1 heterocycles. The Hall–Kier alpha value is -0.490. The molecule has 1 fully saturated rings. The monoisotopic (exact) mass is 346 g/mol. The molecule has 0 saturated carbocycles. The molecule has 4 heteroatoms. The highest BCUT2D eigenvalue weighted by molar-refractivity contribution is 14.1.